The third-order valence-corrected chi connectivity index (χ3v) is 3.30. The number of nitrogens with one attached hydrogen (secondary N) is 1. The van der Waals surface area contributed by atoms with Crippen molar-refractivity contribution in [2.24, 2.45) is 0 Å². The van der Waals surface area contributed by atoms with Crippen LogP contribution >= 0.6 is 27.5 Å². The minimum absolute atomic E-state index is 0.0413. The van der Waals surface area contributed by atoms with Crippen LogP contribution in [0.25, 0.3) is 0 Å². The zero-order chi connectivity index (χ0) is 13.5. The fraction of sp³-hybridized carbons (Fsp3) is 0.417. The summed E-state index contributed by atoms with van der Waals surface area (Å²) in [5.41, 5.74) is -0.0413. The Morgan fingerprint density at radius 1 is 1.61 bits per heavy atom. The summed E-state index contributed by atoms with van der Waals surface area (Å²) in [5.74, 6) is -1.16. The minimum Gasteiger partial charge on any atom is -0.384 e. The highest BCUT2D eigenvalue weighted by molar-refractivity contribution is 9.09. The van der Waals surface area contributed by atoms with Crippen molar-refractivity contribution in [3.63, 3.8) is 0 Å². The number of carbonyl (C=O) groups excluding carboxylic acids is 1. The molecular formula is C12H14BrClFNO2. The lowest BCUT2D eigenvalue weighted by Crippen LogP contribution is -2.27. The van der Waals surface area contributed by atoms with Crippen LogP contribution in [0, 0.1) is 5.82 Å². The molecule has 1 N–H and O–H groups in total. The number of carbonyl (C=O) groups is 1. The molecule has 1 rings (SSSR count). The highest BCUT2D eigenvalue weighted by atomic mass is 79.9. The third kappa shape index (κ3) is 4.55. The van der Waals surface area contributed by atoms with Crippen LogP contribution in [-0.4, -0.2) is 31.0 Å². The molecule has 3 nitrogen and oxygen atoms in total. The van der Waals surface area contributed by atoms with E-state index in [0.29, 0.717) is 19.6 Å². The first-order valence-corrected chi connectivity index (χ1v) is 6.70. The Hall–Kier alpha value is -0.650. The fourth-order valence-corrected chi connectivity index (χ4v) is 2.05. The van der Waals surface area contributed by atoms with Crippen LogP contribution in [0.5, 0.6) is 0 Å². The molecule has 0 saturated heterocycles. The zero-order valence-corrected chi connectivity index (χ0v) is 12.2. The predicted molar refractivity (Wildman–Crippen MR) is 73.0 cm³/mol. The summed E-state index contributed by atoms with van der Waals surface area (Å²) in [6.45, 7) is 0.992. The summed E-state index contributed by atoms with van der Waals surface area (Å²) in [6.07, 6.45) is 0.696. The van der Waals surface area contributed by atoms with E-state index < -0.39 is 11.7 Å². The minimum atomic E-state index is -0.691. The molecule has 1 atom stereocenters. The number of methoxy groups -OCH3 is 1. The molecule has 6 heteroatoms. The molecule has 0 aliphatic carbocycles. The first-order valence-electron chi connectivity index (χ1n) is 5.41. The van der Waals surface area contributed by atoms with E-state index in [1.165, 1.54) is 12.1 Å². The SMILES string of the molecule is COCC(Br)CCNC(=O)c1cccc(Cl)c1F. The van der Waals surface area contributed by atoms with Gasteiger partial charge in [-0.1, -0.05) is 33.6 Å². The number of ether oxygens (including phenoxy) is 1. The standard InChI is InChI=1S/C12H14BrClFNO2/c1-18-7-8(13)5-6-16-12(17)9-3-2-4-10(14)11(9)15/h2-4,8H,5-7H2,1H3,(H,16,17). The molecule has 1 aromatic carbocycles. The second kappa shape index (κ2) is 7.71. The molecule has 0 radical (unpaired) electrons. The number of hydrogen-bond acceptors (Lipinski definition) is 2. The number of rotatable bonds is 6. The van der Waals surface area contributed by atoms with Crippen LogP contribution < -0.4 is 5.32 Å². The molecule has 1 amide bonds. The summed E-state index contributed by atoms with van der Waals surface area (Å²) < 4.78 is 18.5. The van der Waals surface area contributed by atoms with Gasteiger partial charge in [-0.2, -0.15) is 0 Å². The molecule has 1 aromatic rings. The lowest BCUT2D eigenvalue weighted by molar-refractivity contribution is 0.0948. The van der Waals surface area contributed by atoms with Crippen molar-refractivity contribution < 1.29 is 13.9 Å². The van der Waals surface area contributed by atoms with Gasteiger partial charge in [-0.05, 0) is 18.6 Å². The molecule has 0 aromatic heterocycles. The van der Waals surface area contributed by atoms with Crippen molar-refractivity contribution in [2.45, 2.75) is 11.2 Å². The van der Waals surface area contributed by atoms with Gasteiger partial charge in [0, 0.05) is 18.5 Å². The van der Waals surface area contributed by atoms with E-state index in [9.17, 15) is 9.18 Å². The van der Waals surface area contributed by atoms with E-state index >= 15 is 0 Å². The van der Waals surface area contributed by atoms with Crippen molar-refractivity contribution >= 4 is 33.4 Å². The van der Waals surface area contributed by atoms with Crippen LogP contribution in [0.4, 0.5) is 4.39 Å². The summed E-state index contributed by atoms with van der Waals surface area (Å²) in [6, 6.07) is 4.34. The Kier molecular flexibility index (Phi) is 6.60. The monoisotopic (exact) mass is 337 g/mol. The van der Waals surface area contributed by atoms with Gasteiger partial charge in [0.15, 0.2) is 5.82 Å². The molecule has 0 aliphatic rings. The van der Waals surface area contributed by atoms with Crippen LogP contribution in [0.1, 0.15) is 16.8 Å². The summed E-state index contributed by atoms with van der Waals surface area (Å²) in [7, 11) is 1.61. The summed E-state index contributed by atoms with van der Waals surface area (Å²) in [5, 5.41) is 2.58. The van der Waals surface area contributed by atoms with E-state index in [1.807, 2.05) is 0 Å². The number of hydrogen-bond donors (Lipinski definition) is 1. The van der Waals surface area contributed by atoms with Gasteiger partial charge in [0.1, 0.15) is 0 Å². The zero-order valence-electron chi connectivity index (χ0n) is 9.88. The second-order valence-corrected chi connectivity index (χ2v) is 5.40. The van der Waals surface area contributed by atoms with Crippen molar-refractivity contribution in [1.29, 1.82) is 0 Å². The summed E-state index contributed by atoms with van der Waals surface area (Å²) in [4.78, 5) is 11.9. The molecule has 0 fully saturated rings. The van der Waals surface area contributed by atoms with Crippen LogP contribution in [0.3, 0.4) is 0 Å². The van der Waals surface area contributed by atoms with Gasteiger partial charge in [0.05, 0.1) is 17.2 Å². The molecule has 18 heavy (non-hydrogen) atoms. The lowest BCUT2D eigenvalue weighted by Gasteiger charge is -2.10. The number of alkyl halides is 1. The van der Waals surface area contributed by atoms with Gasteiger partial charge in [-0.3, -0.25) is 4.79 Å². The topological polar surface area (TPSA) is 38.3 Å². The molecule has 0 heterocycles. The normalized spacial score (nSPS) is 12.2. The first-order chi connectivity index (χ1) is 8.56. The molecular weight excluding hydrogens is 324 g/mol. The number of amides is 1. The lowest BCUT2D eigenvalue weighted by atomic mass is 10.2. The average Bonchev–Trinajstić information content (AvgIpc) is 2.33. The van der Waals surface area contributed by atoms with Gasteiger partial charge in [0.25, 0.3) is 5.91 Å². The van der Waals surface area contributed by atoms with E-state index in [0.717, 1.165) is 0 Å². The first kappa shape index (κ1) is 15.4. The maximum atomic E-state index is 13.5. The largest absolute Gasteiger partial charge is 0.384 e. The van der Waals surface area contributed by atoms with Crippen molar-refractivity contribution in [3.05, 3.63) is 34.6 Å². The maximum Gasteiger partial charge on any atom is 0.254 e. The van der Waals surface area contributed by atoms with Gasteiger partial charge in [-0.15, -0.1) is 0 Å². The maximum absolute atomic E-state index is 13.5. The predicted octanol–water partition coefficient (Wildman–Crippen LogP) is 3.01. The van der Waals surface area contributed by atoms with Gasteiger partial charge >= 0.3 is 0 Å². The van der Waals surface area contributed by atoms with Gasteiger partial charge < -0.3 is 10.1 Å². The molecule has 0 aliphatic heterocycles. The average molecular weight is 339 g/mol. The Balaban J connectivity index is 2.48. The van der Waals surface area contributed by atoms with Crippen molar-refractivity contribution in [2.75, 3.05) is 20.3 Å². The van der Waals surface area contributed by atoms with E-state index in [2.05, 4.69) is 21.2 Å². The van der Waals surface area contributed by atoms with Gasteiger partial charge in [0.2, 0.25) is 0 Å². The molecule has 0 spiro atoms. The Labute approximate surface area is 119 Å². The third-order valence-electron chi connectivity index (χ3n) is 2.29. The second-order valence-electron chi connectivity index (χ2n) is 3.70. The van der Waals surface area contributed by atoms with Crippen LogP contribution in [0.15, 0.2) is 18.2 Å². The number of halogens is 3. The van der Waals surface area contributed by atoms with Crippen molar-refractivity contribution in [3.8, 4) is 0 Å². The van der Waals surface area contributed by atoms with E-state index in [-0.39, 0.29) is 15.4 Å². The van der Waals surface area contributed by atoms with Crippen LogP contribution in [-0.2, 0) is 4.74 Å². The molecule has 1 unspecified atom stereocenters. The van der Waals surface area contributed by atoms with Crippen LogP contribution in [0.2, 0.25) is 5.02 Å². The smallest absolute Gasteiger partial charge is 0.254 e. The Bertz CT molecular complexity index is 417. The quantitative estimate of drug-likeness (QED) is 0.810. The van der Waals surface area contributed by atoms with Gasteiger partial charge in [-0.25, -0.2) is 4.39 Å². The fourth-order valence-electron chi connectivity index (χ4n) is 1.38. The van der Waals surface area contributed by atoms with Crippen molar-refractivity contribution in [1.82, 2.24) is 5.32 Å². The Morgan fingerprint density at radius 3 is 3.00 bits per heavy atom. The van der Waals surface area contributed by atoms with E-state index in [1.54, 1.807) is 13.2 Å². The number of benzene rings is 1. The Morgan fingerprint density at radius 2 is 2.33 bits per heavy atom. The van der Waals surface area contributed by atoms with E-state index in [4.69, 9.17) is 16.3 Å². The molecule has 0 bridgehead atoms. The molecule has 100 valence electrons. The highest BCUT2D eigenvalue weighted by Crippen LogP contribution is 2.17. The summed E-state index contributed by atoms with van der Waals surface area (Å²) >= 11 is 9.00. The highest BCUT2D eigenvalue weighted by Gasteiger charge is 2.13. The molecule has 0 saturated carbocycles.